The van der Waals surface area contributed by atoms with E-state index in [9.17, 15) is 9.18 Å². The summed E-state index contributed by atoms with van der Waals surface area (Å²) in [5, 5.41) is 9.50. The van der Waals surface area contributed by atoms with E-state index in [1.165, 1.54) is 0 Å². The first-order valence-corrected chi connectivity index (χ1v) is 13.1. The van der Waals surface area contributed by atoms with Gasteiger partial charge in [-0.05, 0) is 83.9 Å². The largest absolute Gasteiger partial charge is 0.494 e. The van der Waals surface area contributed by atoms with Gasteiger partial charge >= 0.3 is 0 Å². The third-order valence-electron chi connectivity index (χ3n) is 6.47. The molecule has 0 spiro atoms. The van der Waals surface area contributed by atoms with Crippen molar-refractivity contribution in [2.45, 2.75) is 25.7 Å². The number of unbranched alkanes of at least 4 members (excludes halogenated alkanes) is 2. The minimum Gasteiger partial charge on any atom is -0.494 e. The minimum absolute atomic E-state index is 0.0905. The molecule has 0 aliphatic heterocycles. The van der Waals surface area contributed by atoms with Crippen LogP contribution in [0.5, 0.6) is 5.75 Å². The van der Waals surface area contributed by atoms with Gasteiger partial charge in [-0.2, -0.15) is 9.49 Å². The number of halogens is 1. The monoisotopic (exact) mass is 527 g/mol. The Balaban J connectivity index is 1.60. The van der Waals surface area contributed by atoms with Crippen LogP contribution < -0.4 is 10.1 Å². The van der Waals surface area contributed by atoms with Gasteiger partial charge in [-0.25, -0.2) is 0 Å². The fourth-order valence-electron chi connectivity index (χ4n) is 4.45. The van der Waals surface area contributed by atoms with Crippen molar-refractivity contribution in [2.75, 3.05) is 27.4 Å². The van der Waals surface area contributed by atoms with Gasteiger partial charge in [-0.15, -0.1) is 0 Å². The quantitative estimate of drug-likeness (QED) is 0.117. The van der Waals surface area contributed by atoms with Crippen molar-refractivity contribution in [1.82, 2.24) is 15.5 Å². The number of rotatable bonds is 13. The minimum atomic E-state index is -0.447. The molecule has 3 aromatic carbocycles. The van der Waals surface area contributed by atoms with Crippen LogP contribution in [0.25, 0.3) is 22.0 Å². The Bertz CT molecular complexity index is 1430. The van der Waals surface area contributed by atoms with Gasteiger partial charge < -0.3 is 14.8 Å². The van der Waals surface area contributed by atoms with Crippen LogP contribution in [0.4, 0.5) is 4.39 Å². The molecule has 4 aromatic rings. The number of benzene rings is 3. The highest BCUT2D eigenvalue weighted by atomic mass is 19.1. The molecule has 0 bridgehead atoms. The third-order valence-corrected chi connectivity index (χ3v) is 6.47. The van der Waals surface area contributed by atoms with Crippen LogP contribution in [0.15, 0.2) is 84.9 Å². The number of nitrogens with one attached hydrogen (secondary N) is 2. The number of allylic oxidation sites excluding steroid dienone is 1. The summed E-state index contributed by atoms with van der Waals surface area (Å²) in [7, 11) is 3.31. The first kappa shape index (κ1) is 27.8. The van der Waals surface area contributed by atoms with Gasteiger partial charge in [-0.1, -0.05) is 54.6 Å². The van der Waals surface area contributed by atoms with E-state index in [1.807, 2.05) is 66.7 Å². The molecule has 6 nitrogen and oxygen atoms in total. The van der Waals surface area contributed by atoms with Crippen molar-refractivity contribution in [3.05, 3.63) is 108 Å². The Morgan fingerprint density at radius 2 is 1.74 bits per heavy atom. The maximum atomic E-state index is 14.4. The molecule has 39 heavy (non-hydrogen) atoms. The average molecular weight is 528 g/mol. The highest BCUT2D eigenvalue weighted by molar-refractivity contribution is 6.00. The molecule has 1 amide bonds. The molecule has 0 fully saturated rings. The second-order valence-electron chi connectivity index (χ2n) is 9.12. The molecule has 0 saturated heterocycles. The summed E-state index contributed by atoms with van der Waals surface area (Å²) >= 11 is 0. The topological polar surface area (TPSA) is 76.2 Å². The predicted octanol–water partition coefficient (Wildman–Crippen LogP) is 6.55. The van der Waals surface area contributed by atoms with Crippen LogP contribution >= 0.6 is 0 Å². The van der Waals surface area contributed by atoms with E-state index in [-0.39, 0.29) is 5.91 Å². The molecule has 202 valence electrons. The number of likely N-dealkylation sites (N-methyl/N-ethyl adjacent to an activating group) is 1. The number of amides is 1. The lowest BCUT2D eigenvalue weighted by molar-refractivity contribution is -0.116. The number of ether oxygens (including phenoxy) is 2. The van der Waals surface area contributed by atoms with Crippen LogP contribution in [-0.2, 0) is 9.53 Å². The first-order chi connectivity index (χ1) is 19.1. The third kappa shape index (κ3) is 7.42. The van der Waals surface area contributed by atoms with Crippen LogP contribution in [0.2, 0.25) is 0 Å². The standard InChI is InChI=1S/C32H34FN3O3/c1-34-30(37)12-8-3-4-9-20-39-26-16-13-24(14-17-26)31(25-15-18-29-28(22-25)32(33)36-35-29)27(19-21-38-2)23-10-6-5-7-11-23/h5-8,10-18,22H,3-4,9,19-21H2,1-2H3,(H,34,37)(H,35,36)/b12-8+,31-27+. The fourth-order valence-corrected chi connectivity index (χ4v) is 4.45. The molecule has 0 saturated carbocycles. The number of carbonyl (C=O) groups excluding carboxylic acids is 1. The maximum absolute atomic E-state index is 14.4. The summed E-state index contributed by atoms with van der Waals surface area (Å²) in [6, 6.07) is 23.9. The van der Waals surface area contributed by atoms with Crippen molar-refractivity contribution in [2.24, 2.45) is 0 Å². The SMILES string of the molecule is CNC(=O)/C=C/CCCCOc1ccc(/C(=C(/CCOC)c2ccccc2)c2ccc3n[nH]c(F)c3c2)cc1. The Morgan fingerprint density at radius 1 is 0.974 bits per heavy atom. The molecule has 2 N–H and O–H groups in total. The zero-order valence-electron chi connectivity index (χ0n) is 22.4. The molecule has 1 aromatic heterocycles. The van der Waals surface area contributed by atoms with Gasteiger partial charge in [0, 0.05) is 14.2 Å². The number of fused-ring (bicyclic) bond motifs is 1. The van der Waals surface area contributed by atoms with Gasteiger partial charge in [0.1, 0.15) is 5.75 Å². The smallest absolute Gasteiger partial charge is 0.243 e. The van der Waals surface area contributed by atoms with Crippen molar-refractivity contribution in [3.8, 4) is 5.75 Å². The van der Waals surface area contributed by atoms with E-state index in [2.05, 4.69) is 27.6 Å². The van der Waals surface area contributed by atoms with E-state index < -0.39 is 5.95 Å². The highest BCUT2D eigenvalue weighted by Gasteiger charge is 2.16. The zero-order valence-corrected chi connectivity index (χ0v) is 22.4. The Labute approximate surface area is 228 Å². The molecule has 0 unspecified atom stereocenters. The summed E-state index contributed by atoms with van der Waals surface area (Å²) in [6.07, 6.45) is 6.77. The summed E-state index contributed by atoms with van der Waals surface area (Å²) < 4.78 is 25.9. The number of aromatic amines is 1. The van der Waals surface area contributed by atoms with Gasteiger partial charge in [0.05, 0.1) is 24.1 Å². The zero-order chi connectivity index (χ0) is 27.5. The Kier molecular flexibility index (Phi) is 10.0. The molecule has 0 aliphatic carbocycles. The van der Waals surface area contributed by atoms with E-state index in [0.29, 0.717) is 30.5 Å². The van der Waals surface area contributed by atoms with Crippen LogP contribution in [-0.4, -0.2) is 43.5 Å². The lowest BCUT2D eigenvalue weighted by atomic mass is 9.87. The number of hydrogen-bond acceptors (Lipinski definition) is 4. The number of hydrogen-bond donors (Lipinski definition) is 2. The number of methoxy groups -OCH3 is 1. The summed E-state index contributed by atoms with van der Waals surface area (Å²) in [5.41, 5.74) is 5.69. The van der Waals surface area contributed by atoms with Gasteiger partial charge in [0.25, 0.3) is 0 Å². The maximum Gasteiger partial charge on any atom is 0.243 e. The van der Waals surface area contributed by atoms with Gasteiger partial charge in [-0.3, -0.25) is 9.89 Å². The van der Waals surface area contributed by atoms with Crippen molar-refractivity contribution < 1.29 is 18.7 Å². The number of aromatic nitrogens is 2. The lowest BCUT2D eigenvalue weighted by Crippen LogP contribution is -2.13. The van der Waals surface area contributed by atoms with Gasteiger partial charge in [0.2, 0.25) is 11.9 Å². The summed E-state index contributed by atoms with van der Waals surface area (Å²) in [4.78, 5) is 11.2. The number of H-pyrrole nitrogens is 1. The molecule has 0 radical (unpaired) electrons. The molecule has 4 rings (SSSR count). The lowest BCUT2D eigenvalue weighted by Gasteiger charge is -2.18. The van der Waals surface area contributed by atoms with Crippen molar-refractivity contribution in [3.63, 3.8) is 0 Å². The Morgan fingerprint density at radius 3 is 2.49 bits per heavy atom. The average Bonchev–Trinajstić information content (AvgIpc) is 3.35. The molecule has 0 aliphatic rings. The molecule has 0 atom stereocenters. The first-order valence-electron chi connectivity index (χ1n) is 13.1. The van der Waals surface area contributed by atoms with E-state index in [4.69, 9.17) is 9.47 Å². The molecule has 7 heteroatoms. The van der Waals surface area contributed by atoms with Crippen LogP contribution in [0, 0.1) is 5.95 Å². The molecular formula is C32H34FN3O3. The van der Waals surface area contributed by atoms with E-state index in [1.54, 1.807) is 20.2 Å². The van der Waals surface area contributed by atoms with E-state index in [0.717, 1.165) is 52.8 Å². The highest BCUT2D eigenvalue weighted by Crippen LogP contribution is 2.36. The number of carbonyl (C=O) groups is 1. The van der Waals surface area contributed by atoms with Crippen LogP contribution in [0.3, 0.4) is 0 Å². The predicted molar refractivity (Wildman–Crippen MR) is 154 cm³/mol. The van der Waals surface area contributed by atoms with Gasteiger partial charge in [0.15, 0.2) is 0 Å². The second-order valence-corrected chi connectivity index (χ2v) is 9.12. The fraction of sp³-hybridized carbons (Fsp3) is 0.250. The summed E-state index contributed by atoms with van der Waals surface area (Å²) in [6.45, 7) is 1.14. The van der Waals surface area contributed by atoms with Crippen molar-refractivity contribution >= 4 is 28.0 Å². The van der Waals surface area contributed by atoms with Crippen LogP contribution in [0.1, 0.15) is 42.4 Å². The summed E-state index contributed by atoms with van der Waals surface area (Å²) in [5.74, 6) is 0.248. The molecule has 1 heterocycles. The van der Waals surface area contributed by atoms with Crippen molar-refractivity contribution in [1.29, 1.82) is 0 Å². The normalized spacial score (nSPS) is 12.1. The molecular weight excluding hydrogens is 493 g/mol. The number of nitrogens with zero attached hydrogens (tertiary/aromatic N) is 1. The van der Waals surface area contributed by atoms with E-state index >= 15 is 0 Å². The second kappa shape index (κ2) is 14.1. The Hall–Kier alpha value is -4.23.